The second-order valence-electron chi connectivity index (χ2n) is 6.78. The van der Waals surface area contributed by atoms with E-state index in [9.17, 15) is 24.6 Å². The van der Waals surface area contributed by atoms with E-state index in [4.69, 9.17) is 13.6 Å². The molecule has 9 heteroatoms. The van der Waals surface area contributed by atoms with Crippen LogP contribution in [0.2, 0.25) is 0 Å². The SMILES string of the molecule is CCOC(=O)CC(c1ccc(-c2ccc(C(=O)OC)cc2)o1)c1oc(CO)cc(=O)c1O. The molecule has 0 radical (unpaired) electrons. The Kier molecular flexibility index (Phi) is 7.11. The molecule has 0 amide bonds. The Morgan fingerprint density at radius 1 is 1.09 bits per heavy atom. The van der Waals surface area contributed by atoms with Crippen molar-refractivity contribution in [2.24, 2.45) is 0 Å². The lowest BCUT2D eigenvalue weighted by atomic mass is 9.98. The van der Waals surface area contributed by atoms with E-state index in [2.05, 4.69) is 4.74 Å². The highest BCUT2D eigenvalue weighted by Crippen LogP contribution is 2.36. The molecule has 0 saturated carbocycles. The lowest BCUT2D eigenvalue weighted by Gasteiger charge is -2.15. The number of rotatable bonds is 8. The summed E-state index contributed by atoms with van der Waals surface area (Å²) in [6, 6.07) is 10.7. The second kappa shape index (κ2) is 9.97. The summed E-state index contributed by atoms with van der Waals surface area (Å²) in [4.78, 5) is 35.9. The fourth-order valence-corrected chi connectivity index (χ4v) is 3.16. The first-order valence-corrected chi connectivity index (χ1v) is 9.78. The Morgan fingerprint density at radius 3 is 2.44 bits per heavy atom. The maximum Gasteiger partial charge on any atom is 0.337 e. The normalized spacial score (nSPS) is 11.7. The molecule has 2 aromatic heterocycles. The molecule has 0 fully saturated rings. The monoisotopic (exact) mass is 442 g/mol. The van der Waals surface area contributed by atoms with Crippen LogP contribution in [-0.2, 0) is 20.9 Å². The number of benzene rings is 1. The van der Waals surface area contributed by atoms with E-state index in [0.717, 1.165) is 6.07 Å². The van der Waals surface area contributed by atoms with Crippen LogP contribution in [0.3, 0.4) is 0 Å². The molecular weight excluding hydrogens is 420 g/mol. The van der Waals surface area contributed by atoms with Crippen LogP contribution in [0.4, 0.5) is 0 Å². The predicted octanol–water partition coefficient (Wildman–Crippen LogP) is 2.97. The van der Waals surface area contributed by atoms with Gasteiger partial charge in [0.05, 0.1) is 31.6 Å². The summed E-state index contributed by atoms with van der Waals surface area (Å²) in [6.07, 6.45) is -0.270. The lowest BCUT2D eigenvalue weighted by Crippen LogP contribution is -2.14. The number of furan rings is 1. The van der Waals surface area contributed by atoms with Crippen LogP contribution in [0, 0.1) is 0 Å². The number of aliphatic hydroxyl groups is 1. The average molecular weight is 442 g/mol. The fraction of sp³-hybridized carbons (Fsp3) is 0.261. The van der Waals surface area contributed by atoms with Crippen LogP contribution in [0.15, 0.2) is 56.1 Å². The number of hydrogen-bond donors (Lipinski definition) is 2. The zero-order chi connectivity index (χ0) is 23.3. The van der Waals surface area contributed by atoms with Crippen LogP contribution < -0.4 is 5.43 Å². The predicted molar refractivity (Wildman–Crippen MR) is 111 cm³/mol. The van der Waals surface area contributed by atoms with Gasteiger partial charge >= 0.3 is 11.9 Å². The molecule has 3 aromatic rings. The molecule has 3 rings (SSSR count). The lowest BCUT2D eigenvalue weighted by molar-refractivity contribution is -0.143. The second-order valence-corrected chi connectivity index (χ2v) is 6.78. The molecule has 2 N–H and O–H groups in total. The fourth-order valence-electron chi connectivity index (χ4n) is 3.16. The van der Waals surface area contributed by atoms with Crippen LogP contribution >= 0.6 is 0 Å². The molecule has 9 nitrogen and oxygen atoms in total. The summed E-state index contributed by atoms with van der Waals surface area (Å²) in [7, 11) is 1.29. The number of aromatic hydroxyl groups is 1. The van der Waals surface area contributed by atoms with Crippen molar-refractivity contribution in [3.63, 3.8) is 0 Å². The van der Waals surface area contributed by atoms with Gasteiger partial charge in [0, 0.05) is 11.6 Å². The topological polar surface area (TPSA) is 136 Å². The van der Waals surface area contributed by atoms with E-state index >= 15 is 0 Å². The van der Waals surface area contributed by atoms with Crippen molar-refractivity contribution in [1.82, 2.24) is 0 Å². The Labute approximate surface area is 182 Å². The Morgan fingerprint density at radius 2 is 1.81 bits per heavy atom. The summed E-state index contributed by atoms with van der Waals surface area (Å²) in [5.74, 6) is -2.34. The third-order valence-corrected chi connectivity index (χ3v) is 4.71. The Hall–Kier alpha value is -3.85. The molecule has 0 aliphatic rings. The first kappa shape index (κ1) is 22.8. The van der Waals surface area contributed by atoms with Gasteiger partial charge in [-0.3, -0.25) is 9.59 Å². The molecule has 1 atom stereocenters. The molecule has 0 spiro atoms. The van der Waals surface area contributed by atoms with Crippen LogP contribution in [-0.4, -0.2) is 35.9 Å². The molecule has 1 aromatic carbocycles. The van der Waals surface area contributed by atoms with E-state index < -0.39 is 35.6 Å². The molecule has 32 heavy (non-hydrogen) atoms. The highest BCUT2D eigenvalue weighted by molar-refractivity contribution is 5.89. The van der Waals surface area contributed by atoms with Gasteiger partial charge in [-0.1, -0.05) is 12.1 Å². The van der Waals surface area contributed by atoms with E-state index in [1.54, 1.807) is 43.3 Å². The number of carbonyl (C=O) groups excluding carboxylic acids is 2. The van der Waals surface area contributed by atoms with Gasteiger partial charge < -0.3 is 28.5 Å². The summed E-state index contributed by atoms with van der Waals surface area (Å²) < 4.78 is 21.1. The minimum atomic E-state index is -0.976. The number of hydrogen-bond acceptors (Lipinski definition) is 9. The van der Waals surface area contributed by atoms with Crippen molar-refractivity contribution in [3.8, 4) is 17.1 Å². The van der Waals surface area contributed by atoms with E-state index in [1.165, 1.54) is 7.11 Å². The third-order valence-electron chi connectivity index (χ3n) is 4.71. The summed E-state index contributed by atoms with van der Waals surface area (Å²) in [5, 5.41) is 19.7. The van der Waals surface area contributed by atoms with Crippen LogP contribution in [0.25, 0.3) is 11.3 Å². The number of ether oxygens (including phenoxy) is 2. The molecule has 2 heterocycles. The van der Waals surface area contributed by atoms with Crippen molar-refractivity contribution < 1.29 is 38.1 Å². The summed E-state index contributed by atoms with van der Waals surface area (Å²) >= 11 is 0. The van der Waals surface area contributed by atoms with Crippen molar-refractivity contribution >= 4 is 11.9 Å². The average Bonchev–Trinajstić information content (AvgIpc) is 3.29. The number of methoxy groups -OCH3 is 1. The minimum Gasteiger partial charge on any atom is -0.502 e. The Bertz CT molecular complexity index is 1150. The molecule has 0 bridgehead atoms. The van der Waals surface area contributed by atoms with Gasteiger partial charge in [-0.25, -0.2) is 4.79 Å². The van der Waals surface area contributed by atoms with Crippen LogP contribution in [0.1, 0.15) is 46.9 Å². The van der Waals surface area contributed by atoms with Crippen molar-refractivity contribution in [2.75, 3.05) is 13.7 Å². The highest BCUT2D eigenvalue weighted by atomic mass is 16.5. The van der Waals surface area contributed by atoms with Gasteiger partial charge in [-0.05, 0) is 31.2 Å². The van der Waals surface area contributed by atoms with Crippen molar-refractivity contribution in [3.05, 3.63) is 75.5 Å². The van der Waals surface area contributed by atoms with E-state index in [1.807, 2.05) is 0 Å². The van der Waals surface area contributed by atoms with Crippen LogP contribution in [0.5, 0.6) is 5.75 Å². The van der Waals surface area contributed by atoms with E-state index in [-0.39, 0.29) is 30.3 Å². The molecular formula is C23H22O9. The van der Waals surface area contributed by atoms with Gasteiger partial charge in [0.2, 0.25) is 11.2 Å². The quantitative estimate of drug-likeness (QED) is 0.504. The van der Waals surface area contributed by atoms with E-state index in [0.29, 0.717) is 16.9 Å². The largest absolute Gasteiger partial charge is 0.502 e. The Balaban J connectivity index is 2.01. The van der Waals surface area contributed by atoms with Crippen molar-refractivity contribution in [1.29, 1.82) is 0 Å². The maximum absolute atomic E-state index is 12.2. The zero-order valence-electron chi connectivity index (χ0n) is 17.5. The molecule has 0 saturated heterocycles. The van der Waals surface area contributed by atoms with Gasteiger partial charge in [0.15, 0.2) is 5.76 Å². The summed E-state index contributed by atoms with van der Waals surface area (Å²) in [5.41, 5.74) is 0.263. The first-order chi connectivity index (χ1) is 15.4. The first-order valence-electron chi connectivity index (χ1n) is 9.78. The third kappa shape index (κ3) is 4.89. The van der Waals surface area contributed by atoms with Gasteiger partial charge in [-0.2, -0.15) is 0 Å². The van der Waals surface area contributed by atoms with Gasteiger partial charge in [0.1, 0.15) is 23.9 Å². The minimum absolute atomic E-state index is 0.0677. The zero-order valence-corrected chi connectivity index (χ0v) is 17.5. The molecule has 0 aliphatic heterocycles. The highest BCUT2D eigenvalue weighted by Gasteiger charge is 2.29. The molecule has 0 aliphatic carbocycles. The molecule has 1 unspecified atom stereocenters. The van der Waals surface area contributed by atoms with Gasteiger partial charge in [-0.15, -0.1) is 0 Å². The number of aliphatic hydroxyl groups excluding tert-OH is 1. The van der Waals surface area contributed by atoms with Crippen molar-refractivity contribution in [2.45, 2.75) is 25.9 Å². The standard InChI is InChI=1S/C23H22O9/c1-3-30-20(26)11-16(22-21(27)17(25)10-15(12-24)31-22)19-9-8-18(32-19)13-4-6-14(7-5-13)23(28)29-2/h4-10,16,24,27H,3,11-12H2,1-2H3. The maximum atomic E-state index is 12.2. The number of carbonyl (C=O) groups is 2. The van der Waals surface area contributed by atoms with Gasteiger partial charge in [0.25, 0.3) is 0 Å². The number of esters is 2. The molecule has 168 valence electrons. The summed E-state index contributed by atoms with van der Waals surface area (Å²) in [6.45, 7) is 1.23. The smallest absolute Gasteiger partial charge is 0.337 e.